The summed E-state index contributed by atoms with van der Waals surface area (Å²) in [6.45, 7) is 6.05. The minimum atomic E-state index is -3.47. The SMILES string of the molecule is Cc1cccc(NC(N)=NCc2ccc(S(=O)(=O)N(C)C(C)C)cc2)c1.I. The van der Waals surface area contributed by atoms with Gasteiger partial charge in [-0.3, -0.25) is 0 Å². The second kappa shape index (κ2) is 10.0. The van der Waals surface area contributed by atoms with Crippen LogP contribution in [-0.4, -0.2) is 31.8 Å². The molecule has 0 amide bonds. The number of rotatable bonds is 6. The van der Waals surface area contributed by atoms with Crippen molar-refractivity contribution < 1.29 is 8.42 Å². The van der Waals surface area contributed by atoms with E-state index in [1.165, 1.54) is 4.31 Å². The molecule has 0 heterocycles. The van der Waals surface area contributed by atoms with E-state index in [9.17, 15) is 8.42 Å². The van der Waals surface area contributed by atoms with Gasteiger partial charge in [0.15, 0.2) is 5.96 Å². The fourth-order valence-corrected chi connectivity index (χ4v) is 3.66. The molecule has 0 saturated carbocycles. The van der Waals surface area contributed by atoms with Crippen LogP contribution in [0.3, 0.4) is 0 Å². The molecule has 0 aliphatic carbocycles. The molecule has 0 aliphatic heterocycles. The van der Waals surface area contributed by atoms with Gasteiger partial charge in [-0.05, 0) is 56.2 Å². The molecule has 0 spiro atoms. The second-order valence-corrected chi connectivity index (χ2v) is 8.45. The number of nitrogens with two attached hydrogens (primary N) is 1. The average molecular weight is 502 g/mol. The lowest BCUT2D eigenvalue weighted by Gasteiger charge is -2.21. The van der Waals surface area contributed by atoms with E-state index in [1.54, 1.807) is 31.3 Å². The van der Waals surface area contributed by atoms with Crippen LogP contribution in [-0.2, 0) is 16.6 Å². The zero-order valence-corrected chi connectivity index (χ0v) is 19.2. The first kappa shape index (κ1) is 23.4. The molecule has 27 heavy (non-hydrogen) atoms. The standard InChI is InChI=1S/C19H26N4O2S.HI/c1-14(2)23(4)26(24,25)18-10-8-16(9-11-18)13-21-19(20)22-17-7-5-6-15(3)12-17;/h5-12,14H,13H2,1-4H3,(H3,20,21,22);1H. The smallest absolute Gasteiger partial charge is 0.243 e. The largest absolute Gasteiger partial charge is 0.370 e. The van der Waals surface area contributed by atoms with Crippen LogP contribution in [0.1, 0.15) is 25.0 Å². The van der Waals surface area contributed by atoms with E-state index in [0.29, 0.717) is 12.5 Å². The van der Waals surface area contributed by atoms with Gasteiger partial charge in [0.2, 0.25) is 10.0 Å². The summed E-state index contributed by atoms with van der Waals surface area (Å²) in [5, 5.41) is 3.04. The quantitative estimate of drug-likeness (QED) is 0.359. The third-order valence-corrected chi connectivity index (χ3v) is 6.10. The van der Waals surface area contributed by atoms with E-state index < -0.39 is 10.0 Å². The summed E-state index contributed by atoms with van der Waals surface area (Å²) in [5.74, 6) is 0.312. The lowest BCUT2D eigenvalue weighted by atomic mass is 10.2. The van der Waals surface area contributed by atoms with Crippen LogP contribution >= 0.6 is 24.0 Å². The molecule has 2 rings (SSSR count). The highest BCUT2D eigenvalue weighted by Crippen LogP contribution is 2.17. The van der Waals surface area contributed by atoms with Gasteiger partial charge in [0.05, 0.1) is 11.4 Å². The first-order valence-electron chi connectivity index (χ1n) is 8.40. The predicted molar refractivity (Wildman–Crippen MR) is 122 cm³/mol. The topological polar surface area (TPSA) is 87.8 Å². The fraction of sp³-hybridized carbons (Fsp3) is 0.316. The number of aliphatic imine (C=N–C) groups is 1. The Morgan fingerprint density at radius 1 is 1.19 bits per heavy atom. The molecular weight excluding hydrogens is 475 g/mol. The lowest BCUT2D eigenvalue weighted by Crippen LogP contribution is -2.33. The highest BCUT2D eigenvalue weighted by atomic mass is 127. The van der Waals surface area contributed by atoms with Gasteiger partial charge < -0.3 is 11.1 Å². The normalized spacial score (nSPS) is 12.1. The molecule has 0 atom stereocenters. The summed E-state index contributed by atoms with van der Waals surface area (Å²) < 4.78 is 26.3. The maximum absolute atomic E-state index is 12.5. The first-order chi connectivity index (χ1) is 12.2. The summed E-state index contributed by atoms with van der Waals surface area (Å²) in [5.41, 5.74) is 8.80. The van der Waals surface area contributed by atoms with Crippen molar-refractivity contribution in [2.45, 2.75) is 38.3 Å². The molecule has 0 aliphatic rings. The van der Waals surface area contributed by atoms with E-state index in [2.05, 4.69) is 10.3 Å². The molecule has 0 bridgehead atoms. The highest BCUT2D eigenvalue weighted by Gasteiger charge is 2.22. The predicted octanol–water partition coefficient (Wildman–Crippen LogP) is 3.57. The van der Waals surface area contributed by atoms with Crippen LogP contribution in [0.2, 0.25) is 0 Å². The van der Waals surface area contributed by atoms with Gasteiger partial charge in [-0.25, -0.2) is 13.4 Å². The molecule has 2 aromatic carbocycles. The van der Waals surface area contributed by atoms with Crippen molar-refractivity contribution in [2.24, 2.45) is 10.7 Å². The Balaban J connectivity index is 0.00000364. The van der Waals surface area contributed by atoms with Gasteiger partial charge in [-0.1, -0.05) is 24.3 Å². The molecule has 148 valence electrons. The van der Waals surface area contributed by atoms with Gasteiger partial charge >= 0.3 is 0 Å². The van der Waals surface area contributed by atoms with E-state index in [-0.39, 0.29) is 34.9 Å². The molecule has 3 N–H and O–H groups in total. The summed E-state index contributed by atoms with van der Waals surface area (Å²) in [7, 11) is -1.89. The number of benzene rings is 2. The van der Waals surface area contributed by atoms with Gasteiger partial charge in [0.25, 0.3) is 0 Å². The summed E-state index contributed by atoms with van der Waals surface area (Å²) in [6, 6.07) is 14.5. The Morgan fingerprint density at radius 2 is 1.81 bits per heavy atom. The molecule has 8 heteroatoms. The van der Waals surface area contributed by atoms with E-state index in [1.807, 2.05) is 45.0 Å². The van der Waals surface area contributed by atoms with Gasteiger partial charge in [-0.2, -0.15) is 4.31 Å². The molecule has 0 radical (unpaired) electrons. The van der Waals surface area contributed by atoms with Gasteiger partial charge in [0.1, 0.15) is 0 Å². The Kier molecular flexibility index (Phi) is 8.70. The third kappa shape index (κ3) is 6.47. The van der Waals surface area contributed by atoms with E-state index in [4.69, 9.17) is 5.73 Å². The monoisotopic (exact) mass is 502 g/mol. The van der Waals surface area contributed by atoms with Crippen LogP contribution in [0.5, 0.6) is 0 Å². The van der Waals surface area contributed by atoms with Crippen molar-refractivity contribution >= 4 is 45.6 Å². The summed E-state index contributed by atoms with van der Waals surface area (Å²) >= 11 is 0. The number of aryl methyl sites for hydroxylation is 1. The lowest BCUT2D eigenvalue weighted by molar-refractivity contribution is 0.410. The first-order valence-corrected chi connectivity index (χ1v) is 9.85. The minimum absolute atomic E-state index is 0. The average Bonchev–Trinajstić information content (AvgIpc) is 2.59. The maximum Gasteiger partial charge on any atom is 0.243 e. The van der Waals surface area contributed by atoms with Crippen molar-refractivity contribution in [1.82, 2.24) is 4.31 Å². The molecule has 0 fully saturated rings. The van der Waals surface area contributed by atoms with Crippen LogP contribution in [0.25, 0.3) is 0 Å². The zero-order chi connectivity index (χ0) is 19.3. The van der Waals surface area contributed by atoms with Gasteiger partial charge in [-0.15, -0.1) is 24.0 Å². The van der Waals surface area contributed by atoms with Crippen LogP contribution in [0.15, 0.2) is 58.4 Å². The number of guanidine groups is 1. The Labute approximate surface area is 178 Å². The van der Waals surface area contributed by atoms with Crippen LogP contribution < -0.4 is 11.1 Å². The molecule has 2 aromatic rings. The Morgan fingerprint density at radius 3 is 2.37 bits per heavy atom. The molecule has 0 unspecified atom stereocenters. The highest BCUT2D eigenvalue weighted by molar-refractivity contribution is 14.0. The third-order valence-electron chi connectivity index (χ3n) is 4.05. The maximum atomic E-state index is 12.5. The number of halogens is 1. The van der Waals surface area contributed by atoms with Crippen molar-refractivity contribution in [3.63, 3.8) is 0 Å². The summed E-state index contributed by atoms with van der Waals surface area (Å²) in [6.07, 6.45) is 0. The van der Waals surface area contributed by atoms with Crippen molar-refractivity contribution in [3.05, 3.63) is 59.7 Å². The van der Waals surface area contributed by atoms with Crippen molar-refractivity contribution in [2.75, 3.05) is 12.4 Å². The number of nitrogens with one attached hydrogen (secondary N) is 1. The van der Waals surface area contributed by atoms with Crippen LogP contribution in [0, 0.1) is 6.92 Å². The second-order valence-electron chi connectivity index (χ2n) is 6.45. The summed E-state index contributed by atoms with van der Waals surface area (Å²) in [4.78, 5) is 4.57. The number of hydrogen-bond acceptors (Lipinski definition) is 3. The molecular formula is C19H27IN4O2S. The van der Waals surface area contributed by atoms with Crippen LogP contribution in [0.4, 0.5) is 5.69 Å². The number of nitrogens with zero attached hydrogens (tertiary/aromatic N) is 2. The van der Waals surface area contributed by atoms with Crippen molar-refractivity contribution in [3.8, 4) is 0 Å². The Bertz CT molecular complexity index is 881. The molecule has 0 aromatic heterocycles. The van der Waals surface area contributed by atoms with E-state index >= 15 is 0 Å². The van der Waals surface area contributed by atoms with Gasteiger partial charge in [0, 0.05) is 18.8 Å². The van der Waals surface area contributed by atoms with Crippen molar-refractivity contribution in [1.29, 1.82) is 0 Å². The molecule has 0 saturated heterocycles. The number of hydrogen-bond donors (Lipinski definition) is 2. The minimum Gasteiger partial charge on any atom is -0.370 e. The van der Waals surface area contributed by atoms with E-state index in [0.717, 1.165) is 16.8 Å². The zero-order valence-electron chi connectivity index (χ0n) is 16.0. The molecule has 6 nitrogen and oxygen atoms in total. The number of sulfonamides is 1. The fourth-order valence-electron chi connectivity index (χ4n) is 2.30. The number of anilines is 1. The Hall–Kier alpha value is -1.65.